The number of hydrogen-bond donors (Lipinski definition) is 4. The highest BCUT2D eigenvalue weighted by Gasteiger charge is 2.48. The lowest BCUT2D eigenvalue weighted by atomic mass is 9.99. The Balaban J connectivity index is 1.76. The van der Waals surface area contributed by atoms with Crippen molar-refractivity contribution in [2.45, 2.75) is 71.2 Å². The fourth-order valence-corrected chi connectivity index (χ4v) is 5.22. The van der Waals surface area contributed by atoms with Crippen molar-refractivity contribution in [3.05, 3.63) is 88.4 Å². The van der Waals surface area contributed by atoms with E-state index in [4.69, 9.17) is 16.3 Å². The number of rotatable bonds is 9. The molecule has 0 saturated heterocycles. The van der Waals surface area contributed by atoms with Crippen molar-refractivity contribution in [3.63, 3.8) is 0 Å². The molecule has 0 bridgehead atoms. The summed E-state index contributed by atoms with van der Waals surface area (Å²) in [5.41, 5.74) is 1.55. The largest absolute Gasteiger partial charge is 0.508 e. The number of phenolic OH excluding ortho intramolecular Hbond substituents is 2. The second kappa shape index (κ2) is 13.0. The average Bonchev–Trinajstić information content (AvgIpc) is 3.65. The van der Waals surface area contributed by atoms with Crippen molar-refractivity contribution in [1.29, 1.82) is 0 Å². The molecule has 1 saturated carbocycles. The summed E-state index contributed by atoms with van der Waals surface area (Å²) in [6, 6.07) is 15.2. The summed E-state index contributed by atoms with van der Waals surface area (Å²) < 4.78 is 5.48. The number of para-hydroxylation sites is 1. The molecule has 4 N–H and O–H groups in total. The first kappa shape index (κ1) is 31.7. The zero-order chi connectivity index (χ0) is 31.5. The number of aromatic hydroxyl groups is 2. The molecule has 43 heavy (non-hydrogen) atoms. The average molecular weight is 608 g/mol. The molecule has 0 heterocycles. The minimum absolute atomic E-state index is 0.0133. The van der Waals surface area contributed by atoms with Gasteiger partial charge < -0.3 is 30.5 Å². The van der Waals surface area contributed by atoms with E-state index in [9.17, 15) is 24.6 Å². The quantitative estimate of drug-likeness (QED) is 0.232. The molecule has 0 radical (unpaired) electrons. The zero-order valence-corrected chi connectivity index (χ0v) is 25.7. The van der Waals surface area contributed by atoms with E-state index in [2.05, 4.69) is 10.6 Å². The SMILES string of the molecule is Cc1cccc(Cl)c1NC(=O)C(c1ccc(O)cc1)N(C(=O)C(Cc1ccc(O)cc1)NC(=O)OC(C)(C)C)C1CC1C. The predicted octanol–water partition coefficient (Wildman–Crippen LogP) is 6.11. The summed E-state index contributed by atoms with van der Waals surface area (Å²) in [7, 11) is 0. The van der Waals surface area contributed by atoms with Crippen LogP contribution in [-0.2, 0) is 20.7 Å². The molecule has 0 spiro atoms. The molecular formula is C33H38ClN3O6. The van der Waals surface area contributed by atoms with E-state index in [1.807, 2.05) is 19.9 Å². The lowest BCUT2D eigenvalue weighted by Crippen LogP contribution is -2.54. The number of anilines is 1. The summed E-state index contributed by atoms with van der Waals surface area (Å²) in [4.78, 5) is 43.2. The molecule has 1 aliphatic carbocycles. The number of nitrogens with zero attached hydrogens (tertiary/aromatic N) is 1. The van der Waals surface area contributed by atoms with Crippen LogP contribution in [-0.4, -0.2) is 50.7 Å². The van der Waals surface area contributed by atoms with Crippen molar-refractivity contribution in [3.8, 4) is 11.5 Å². The van der Waals surface area contributed by atoms with Gasteiger partial charge in [-0.15, -0.1) is 0 Å². The first-order chi connectivity index (χ1) is 20.2. The van der Waals surface area contributed by atoms with Crippen LogP contribution in [0, 0.1) is 12.8 Å². The van der Waals surface area contributed by atoms with E-state index in [1.165, 1.54) is 29.2 Å². The Hall–Kier alpha value is -4.24. The Bertz CT molecular complexity index is 1450. The van der Waals surface area contributed by atoms with Crippen LogP contribution >= 0.6 is 11.6 Å². The fraction of sp³-hybridized carbons (Fsp3) is 0.364. The fourth-order valence-electron chi connectivity index (χ4n) is 4.95. The van der Waals surface area contributed by atoms with Gasteiger partial charge in [0.05, 0.1) is 10.7 Å². The number of phenols is 2. The number of hydrogen-bond acceptors (Lipinski definition) is 6. The van der Waals surface area contributed by atoms with Crippen LogP contribution in [0.3, 0.4) is 0 Å². The highest BCUT2D eigenvalue weighted by molar-refractivity contribution is 6.34. The third-order valence-electron chi connectivity index (χ3n) is 7.25. The van der Waals surface area contributed by atoms with Gasteiger partial charge in [0.1, 0.15) is 29.2 Å². The first-order valence-electron chi connectivity index (χ1n) is 14.2. The number of nitrogens with one attached hydrogen (secondary N) is 2. The van der Waals surface area contributed by atoms with Gasteiger partial charge in [0, 0.05) is 12.5 Å². The topological polar surface area (TPSA) is 128 Å². The smallest absolute Gasteiger partial charge is 0.408 e. The number of alkyl carbamates (subject to hydrolysis) is 1. The maximum absolute atomic E-state index is 14.6. The van der Waals surface area contributed by atoms with E-state index in [0.29, 0.717) is 28.3 Å². The lowest BCUT2D eigenvalue weighted by Gasteiger charge is -2.35. The number of carbonyl (C=O) groups excluding carboxylic acids is 3. The van der Waals surface area contributed by atoms with Gasteiger partial charge in [-0.1, -0.05) is 54.9 Å². The van der Waals surface area contributed by atoms with Gasteiger partial charge in [0.25, 0.3) is 5.91 Å². The van der Waals surface area contributed by atoms with Crippen LogP contribution in [0.4, 0.5) is 10.5 Å². The number of halogens is 1. The van der Waals surface area contributed by atoms with E-state index in [-0.39, 0.29) is 29.9 Å². The Morgan fingerprint density at radius 1 is 1.00 bits per heavy atom. The Labute approximate surface area is 256 Å². The number of carbonyl (C=O) groups is 3. The van der Waals surface area contributed by atoms with Gasteiger partial charge in [-0.3, -0.25) is 9.59 Å². The zero-order valence-electron chi connectivity index (χ0n) is 24.9. The molecule has 0 aliphatic heterocycles. The standard InChI is InChI=1S/C33H38ClN3O6/c1-19-7-6-8-25(34)28(19)36-30(40)29(22-11-15-24(39)16-12-22)37(27-17-20(27)2)31(41)26(35-32(42)43-33(3,4)5)18-21-9-13-23(38)14-10-21/h6-16,20,26-27,29,38-39H,17-18H2,1-5H3,(H,35,42)(H,36,40). The second-order valence-corrected chi connectivity index (χ2v) is 12.4. The molecule has 3 amide bonds. The van der Waals surface area contributed by atoms with Crippen LogP contribution in [0.25, 0.3) is 0 Å². The minimum Gasteiger partial charge on any atom is -0.508 e. The molecule has 1 aliphatic rings. The molecule has 3 aromatic rings. The molecule has 0 aromatic heterocycles. The Morgan fingerprint density at radius 3 is 2.12 bits per heavy atom. The van der Waals surface area contributed by atoms with Crippen molar-refractivity contribution >= 4 is 35.2 Å². The van der Waals surface area contributed by atoms with Crippen LogP contribution in [0.1, 0.15) is 56.8 Å². The number of amides is 3. The predicted molar refractivity (Wildman–Crippen MR) is 165 cm³/mol. The van der Waals surface area contributed by atoms with Crippen molar-refractivity contribution in [2.24, 2.45) is 5.92 Å². The van der Waals surface area contributed by atoms with Crippen molar-refractivity contribution in [2.75, 3.05) is 5.32 Å². The van der Waals surface area contributed by atoms with Crippen molar-refractivity contribution in [1.82, 2.24) is 10.2 Å². The number of aryl methyl sites for hydroxylation is 1. The van der Waals surface area contributed by atoms with Crippen LogP contribution in [0.15, 0.2) is 66.7 Å². The molecule has 3 aromatic carbocycles. The lowest BCUT2D eigenvalue weighted by molar-refractivity contribution is -0.141. The first-order valence-corrected chi connectivity index (χ1v) is 14.6. The van der Waals surface area contributed by atoms with Gasteiger partial charge in [-0.25, -0.2) is 4.79 Å². The summed E-state index contributed by atoms with van der Waals surface area (Å²) in [6.45, 7) is 8.99. The molecule has 4 atom stereocenters. The monoisotopic (exact) mass is 607 g/mol. The highest BCUT2D eigenvalue weighted by atomic mass is 35.5. The highest BCUT2D eigenvalue weighted by Crippen LogP contribution is 2.41. The second-order valence-electron chi connectivity index (χ2n) is 12.0. The molecular weight excluding hydrogens is 570 g/mol. The molecule has 9 nitrogen and oxygen atoms in total. The van der Waals surface area contributed by atoms with Gasteiger partial charge in [-0.2, -0.15) is 0 Å². The summed E-state index contributed by atoms with van der Waals surface area (Å²) in [5.74, 6) is -0.778. The van der Waals surface area contributed by atoms with E-state index >= 15 is 0 Å². The molecule has 1 fully saturated rings. The van der Waals surface area contributed by atoms with Gasteiger partial charge in [0.2, 0.25) is 5.91 Å². The minimum atomic E-state index is -1.11. The van der Waals surface area contributed by atoms with Gasteiger partial charge >= 0.3 is 6.09 Å². The molecule has 228 valence electrons. The molecule has 4 rings (SSSR count). The maximum Gasteiger partial charge on any atom is 0.408 e. The third kappa shape index (κ3) is 8.20. The third-order valence-corrected chi connectivity index (χ3v) is 7.56. The molecule has 10 heteroatoms. The van der Waals surface area contributed by atoms with Gasteiger partial charge in [0.15, 0.2) is 0 Å². The Kier molecular flexibility index (Phi) is 9.55. The Morgan fingerprint density at radius 2 is 1.58 bits per heavy atom. The summed E-state index contributed by atoms with van der Waals surface area (Å²) >= 11 is 6.44. The van der Waals surface area contributed by atoms with Crippen molar-refractivity contribution < 1.29 is 29.3 Å². The van der Waals surface area contributed by atoms with Crippen LogP contribution in [0.2, 0.25) is 5.02 Å². The normalized spacial score (nSPS) is 17.3. The van der Waals surface area contributed by atoms with Gasteiger partial charge in [-0.05, 0) is 87.1 Å². The van der Waals surface area contributed by atoms with Crippen LogP contribution in [0.5, 0.6) is 11.5 Å². The van der Waals surface area contributed by atoms with E-state index in [0.717, 1.165) is 5.56 Å². The van der Waals surface area contributed by atoms with E-state index < -0.39 is 35.6 Å². The number of ether oxygens (including phenoxy) is 1. The number of benzene rings is 3. The van der Waals surface area contributed by atoms with E-state index in [1.54, 1.807) is 57.2 Å². The maximum atomic E-state index is 14.6. The molecule has 4 unspecified atom stereocenters. The summed E-state index contributed by atoms with van der Waals surface area (Å²) in [6.07, 6.45) is -0.0219. The summed E-state index contributed by atoms with van der Waals surface area (Å²) in [5, 5.41) is 25.8. The van der Waals surface area contributed by atoms with Crippen LogP contribution < -0.4 is 10.6 Å².